The molecule has 0 atom stereocenters. The molecule has 0 aliphatic heterocycles. The van der Waals surface area contributed by atoms with Gasteiger partial charge >= 0.3 is 0 Å². The van der Waals surface area contributed by atoms with Gasteiger partial charge in [-0.25, -0.2) is 0 Å². The highest BCUT2D eigenvalue weighted by atomic mass is 15.4. The van der Waals surface area contributed by atoms with Gasteiger partial charge in [-0.1, -0.05) is 114 Å². The van der Waals surface area contributed by atoms with Crippen LogP contribution in [0.2, 0.25) is 0 Å². The van der Waals surface area contributed by atoms with E-state index in [1.807, 2.05) is 0 Å². The molecule has 0 saturated heterocycles. The Kier molecular flexibility index (Phi) is 11.0. The Labute approximate surface area is 203 Å². The second-order valence-corrected chi connectivity index (χ2v) is 9.78. The summed E-state index contributed by atoms with van der Waals surface area (Å²) in [6.45, 7) is 6.99. The van der Waals surface area contributed by atoms with Crippen LogP contribution >= 0.6 is 0 Å². The fourth-order valence-electron chi connectivity index (χ4n) is 5.37. The molecule has 0 unspecified atom stereocenters. The van der Waals surface area contributed by atoms with E-state index >= 15 is 0 Å². The SMILES string of the molecule is CCCCCCCC[N+](CCCCCCCC)(c1ccccc1)c1cccc2ccccc12. The number of rotatable bonds is 16. The van der Waals surface area contributed by atoms with Gasteiger partial charge < -0.3 is 0 Å². The van der Waals surface area contributed by atoms with Gasteiger partial charge in [-0.2, -0.15) is 0 Å². The highest BCUT2D eigenvalue weighted by molar-refractivity contribution is 5.94. The van der Waals surface area contributed by atoms with Crippen LogP contribution in [0.1, 0.15) is 90.9 Å². The predicted octanol–water partition coefficient (Wildman–Crippen LogP) is 10.2. The molecule has 1 heteroatoms. The van der Waals surface area contributed by atoms with Crippen LogP contribution in [0, 0.1) is 0 Å². The standard InChI is InChI=1S/C32H46N/c1-3-5-7-9-11-18-27-33(30-23-14-13-15-24-30,28-19-12-10-8-6-4-2)32-26-20-22-29-21-16-17-25-31(29)32/h13-17,20-26H,3-12,18-19,27-28H2,1-2H3/q+1. The van der Waals surface area contributed by atoms with Gasteiger partial charge in [-0.05, 0) is 49.3 Å². The zero-order valence-corrected chi connectivity index (χ0v) is 21.3. The van der Waals surface area contributed by atoms with E-state index in [-0.39, 0.29) is 0 Å². The predicted molar refractivity (Wildman–Crippen MR) is 148 cm³/mol. The lowest BCUT2D eigenvalue weighted by Gasteiger charge is -2.39. The minimum Gasteiger partial charge on any atom is -0.258 e. The van der Waals surface area contributed by atoms with Crippen molar-refractivity contribution >= 4 is 22.1 Å². The Bertz CT molecular complexity index is 893. The van der Waals surface area contributed by atoms with Gasteiger partial charge in [0.05, 0.1) is 13.1 Å². The third-order valence-electron chi connectivity index (χ3n) is 7.26. The fraction of sp³-hybridized carbons (Fsp3) is 0.500. The van der Waals surface area contributed by atoms with Crippen molar-refractivity contribution in [3.8, 4) is 0 Å². The van der Waals surface area contributed by atoms with Gasteiger partial charge in [0.1, 0.15) is 11.4 Å². The molecule has 0 aliphatic carbocycles. The summed E-state index contributed by atoms with van der Waals surface area (Å²) in [5.74, 6) is 0. The van der Waals surface area contributed by atoms with Crippen molar-refractivity contribution in [1.82, 2.24) is 4.48 Å². The van der Waals surface area contributed by atoms with Crippen molar-refractivity contribution in [3.05, 3.63) is 72.8 Å². The van der Waals surface area contributed by atoms with Crippen molar-refractivity contribution in [1.29, 1.82) is 0 Å². The maximum absolute atomic E-state index is 2.41. The van der Waals surface area contributed by atoms with E-state index in [1.165, 1.54) is 112 Å². The van der Waals surface area contributed by atoms with Crippen molar-refractivity contribution in [2.45, 2.75) is 90.9 Å². The largest absolute Gasteiger partial charge is 0.258 e. The number of fused-ring (bicyclic) bond motifs is 1. The summed E-state index contributed by atoms with van der Waals surface area (Å²) in [7, 11) is 0. The number of nitrogens with zero attached hydrogens (tertiary/aromatic N) is 1. The average molecular weight is 445 g/mol. The van der Waals surface area contributed by atoms with Gasteiger partial charge in [-0.15, -0.1) is 0 Å². The highest BCUT2D eigenvalue weighted by Gasteiger charge is 2.34. The maximum atomic E-state index is 2.41. The summed E-state index contributed by atoms with van der Waals surface area (Å²) in [4.78, 5) is 0. The Morgan fingerprint density at radius 3 is 1.64 bits per heavy atom. The van der Waals surface area contributed by atoms with Crippen molar-refractivity contribution in [2.24, 2.45) is 0 Å². The molecular weight excluding hydrogens is 398 g/mol. The first-order valence-electron chi connectivity index (χ1n) is 13.7. The van der Waals surface area contributed by atoms with Crippen molar-refractivity contribution in [3.63, 3.8) is 0 Å². The van der Waals surface area contributed by atoms with Crippen molar-refractivity contribution in [2.75, 3.05) is 13.1 Å². The quantitative estimate of drug-likeness (QED) is 0.152. The highest BCUT2D eigenvalue weighted by Crippen LogP contribution is 2.40. The van der Waals surface area contributed by atoms with Crippen LogP contribution in [-0.2, 0) is 0 Å². The molecule has 33 heavy (non-hydrogen) atoms. The molecule has 3 aromatic carbocycles. The minimum atomic E-state index is 0.990. The normalized spacial score (nSPS) is 11.8. The van der Waals surface area contributed by atoms with E-state index in [0.29, 0.717) is 0 Å². The summed E-state index contributed by atoms with van der Waals surface area (Å²) in [6, 6.07) is 27.3. The van der Waals surface area contributed by atoms with Crippen LogP contribution in [0.15, 0.2) is 72.8 Å². The second kappa shape index (κ2) is 14.2. The molecule has 0 amide bonds. The van der Waals surface area contributed by atoms with Gasteiger partial charge in [0.15, 0.2) is 0 Å². The fourth-order valence-corrected chi connectivity index (χ4v) is 5.37. The lowest BCUT2D eigenvalue weighted by molar-refractivity contribution is 0.356. The third-order valence-corrected chi connectivity index (χ3v) is 7.26. The maximum Gasteiger partial charge on any atom is 0.145 e. The topological polar surface area (TPSA) is 0 Å². The first-order chi connectivity index (χ1) is 16.3. The van der Waals surface area contributed by atoms with Gasteiger partial charge in [0, 0.05) is 11.5 Å². The van der Waals surface area contributed by atoms with Crippen LogP contribution in [0.3, 0.4) is 0 Å². The molecule has 178 valence electrons. The number of hydrogen-bond acceptors (Lipinski definition) is 0. The van der Waals surface area contributed by atoms with Crippen LogP contribution in [0.25, 0.3) is 10.8 Å². The molecule has 0 heterocycles. The summed E-state index contributed by atoms with van der Waals surface area (Å²) < 4.78 is 0.990. The Hall–Kier alpha value is -2.12. The minimum absolute atomic E-state index is 0.990. The number of hydrogen-bond donors (Lipinski definition) is 0. The zero-order chi connectivity index (χ0) is 23.2. The number of para-hydroxylation sites is 1. The average Bonchev–Trinajstić information content (AvgIpc) is 2.87. The first-order valence-corrected chi connectivity index (χ1v) is 13.7. The zero-order valence-electron chi connectivity index (χ0n) is 21.3. The first kappa shape index (κ1) is 25.5. The van der Waals surface area contributed by atoms with Gasteiger partial charge in [0.25, 0.3) is 0 Å². The molecule has 3 rings (SSSR count). The molecule has 0 spiro atoms. The molecule has 0 bridgehead atoms. The van der Waals surface area contributed by atoms with E-state index in [1.54, 1.807) is 0 Å². The smallest absolute Gasteiger partial charge is 0.145 e. The monoisotopic (exact) mass is 444 g/mol. The number of quaternary nitrogens is 1. The molecule has 1 nitrogen and oxygen atoms in total. The lowest BCUT2D eigenvalue weighted by Crippen LogP contribution is -2.46. The molecule has 0 aliphatic rings. The van der Waals surface area contributed by atoms with Crippen LogP contribution in [0.4, 0.5) is 11.4 Å². The van der Waals surface area contributed by atoms with Crippen LogP contribution < -0.4 is 4.48 Å². The molecule has 0 aromatic heterocycles. The van der Waals surface area contributed by atoms with E-state index in [4.69, 9.17) is 0 Å². The van der Waals surface area contributed by atoms with Crippen molar-refractivity contribution < 1.29 is 0 Å². The molecular formula is C32H46N+. The lowest BCUT2D eigenvalue weighted by atomic mass is 10.0. The third kappa shape index (κ3) is 7.18. The molecule has 0 N–H and O–H groups in total. The Balaban J connectivity index is 1.92. The van der Waals surface area contributed by atoms with E-state index in [9.17, 15) is 0 Å². The van der Waals surface area contributed by atoms with Gasteiger partial charge in [0.2, 0.25) is 0 Å². The summed E-state index contributed by atoms with van der Waals surface area (Å²) in [5, 5.41) is 2.78. The molecule has 3 aromatic rings. The molecule has 0 saturated carbocycles. The van der Waals surface area contributed by atoms with E-state index in [0.717, 1.165) is 4.48 Å². The summed E-state index contributed by atoms with van der Waals surface area (Å²) in [6.07, 6.45) is 16.2. The second-order valence-electron chi connectivity index (χ2n) is 9.78. The Morgan fingerprint density at radius 2 is 1.00 bits per heavy atom. The summed E-state index contributed by atoms with van der Waals surface area (Å²) >= 11 is 0. The van der Waals surface area contributed by atoms with E-state index < -0.39 is 0 Å². The number of benzene rings is 3. The number of unbranched alkanes of at least 4 members (excludes halogenated alkanes) is 10. The van der Waals surface area contributed by atoms with Crippen LogP contribution in [-0.4, -0.2) is 13.1 Å². The Morgan fingerprint density at radius 1 is 0.485 bits per heavy atom. The summed E-state index contributed by atoms with van der Waals surface area (Å²) in [5.41, 5.74) is 2.94. The molecule has 0 radical (unpaired) electrons. The van der Waals surface area contributed by atoms with Gasteiger partial charge in [-0.3, -0.25) is 4.48 Å². The molecule has 0 fully saturated rings. The van der Waals surface area contributed by atoms with E-state index in [2.05, 4.69) is 86.6 Å². The van der Waals surface area contributed by atoms with Crippen LogP contribution in [0.5, 0.6) is 0 Å².